The van der Waals surface area contributed by atoms with Gasteiger partial charge in [0, 0.05) is 12.6 Å². The van der Waals surface area contributed by atoms with E-state index in [1.165, 1.54) is 5.57 Å². The Morgan fingerprint density at radius 1 is 1.22 bits per heavy atom. The van der Waals surface area contributed by atoms with Crippen LogP contribution >= 0.6 is 0 Å². The van der Waals surface area contributed by atoms with E-state index in [9.17, 15) is 31.7 Å². The molecular weight excluding hydrogens is 385 g/mol. The number of sulfonamides is 1. The van der Waals surface area contributed by atoms with Gasteiger partial charge in [0.1, 0.15) is 5.56 Å². The summed E-state index contributed by atoms with van der Waals surface area (Å²) >= 11 is 0. The first-order valence-corrected chi connectivity index (χ1v) is 9.47. The molecule has 150 valence electrons. The first-order chi connectivity index (χ1) is 12.3. The molecule has 0 aromatic heterocycles. The number of allylic oxidation sites excluding steroid dienone is 3. The first-order valence-electron chi connectivity index (χ1n) is 7.99. The summed E-state index contributed by atoms with van der Waals surface area (Å²) in [6, 6.07) is 1.59. The topological polar surface area (TPSA) is 89.3 Å². The van der Waals surface area contributed by atoms with E-state index in [4.69, 9.17) is 0 Å². The van der Waals surface area contributed by atoms with E-state index >= 15 is 0 Å². The Balaban J connectivity index is 2.95. The van der Waals surface area contributed by atoms with Gasteiger partial charge < -0.3 is 0 Å². The summed E-state index contributed by atoms with van der Waals surface area (Å²) in [7, 11) is -4.24. The minimum atomic E-state index is -5.05. The molecule has 0 aliphatic rings. The van der Waals surface area contributed by atoms with Gasteiger partial charge in [0.25, 0.3) is 5.69 Å². The highest BCUT2D eigenvalue weighted by molar-refractivity contribution is 7.89. The van der Waals surface area contributed by atoms with Crippen LogP contribution in [0.25, 0.3) is 0 Å². The van der Waals surface area contributed by atoms with E-state index in [0.717, 1.165) is 24.5 Å². The van der Waals surface area contributed by atoms with Crippen LogP contribution in [0.2, 0.25) is 0 Å². The summed E-state index contributed by atoms with van der Waals surface area (Å²) in [5.41, 5.74) is -0.711. The van der Waals surface area contributed by atoms with Gasteiger partial charge in [-0.2, -0.15) is 13.2 Å². The number of hydrogen-bond donors (Lipinski definition) is 1. The van der Waals surface area contributed by atoms with E-state index in [1.54, 1.807) is 6.08 Å². The molecule has 0 aliphatic carbocycles. The van der Waals surface area contributed by atoms with Crippen LogP contribution < -0.4 is 4.72 Å². The zero-order valence-corrected chi connectivity index (χ0v) is 15.9. The molecule has 1 aromatic rings. The number of nitrogens with zero attached hydrogens (tertiary/aromatic N) is 1. The van der Waals surface area contributed by atoms with Crippen molar-refractivity contribution in [3.05, 3.63) is 57.2 Å². The fraction of sp³-hybridized carbons (Fsp3) is 0.412. The summed E-state index contributed by atoms with van der Waals surface area (Å²) in [4.78, 5) is 8.85. The zero-order valence-electron chi connectivity index (χ0n) is 15.1. The highest BCUT2D eigenvalue weighted by Gasteiger charge is 2.39. The third-order valence-corrected chi connectivity index (χ3v) is 5.02. The second-order valence-electron chi connectivity index (χ2n) is 6.16. The van der Waals surface area contributed by atoms with Crippen molar-refractivity contribution in [3.63, 3.8) is 0 Å². The fourth-order valence-corrected chi connectivity index (χ4v) is 3.16. The predicted molar refractivity (Wildman–Crippen MR) is 95.7 cm³/mol. The lowest BCUT2D eigenvalue weighted by Gasteiger charge is -2.10. The molecule has 0 saturated heterocycles. The Labute approximate surface area is 156 Å². The Morgan fingerprint density at radius 3 is 2.37 bits per heavy atom. The zero-order chi connectivity index (χ0) is 20.8. The van der Waals surface area contributed by atoms with Crippen LogP contribution in [0, 0.1) is 10.1 Å². The molecule has 0 aliphatic heterocycles. The Morgan fingerprint density at radius 2 is 1.85 bits per heavy atom. The van der Waals surface area contributed by atoms with E-state index in [2.05, 4.69) is 4.72 Å². The van der Waals surface area contributed by atoms with Crippen molar-refractivity contribution in [1.29, 1.82) is 0 Å². The van der Waals surface area contributed by atoms with Gasteiger partial charge in [0.2, 0.25) is 10.0 Å². The molecule has 0 bridgehead atoms. The van der Waals surface area contributed by atoms with E-state index in [-0.39, 0.29) is 12.6 Å². The average Bonchev–Trinajstić information content (AvgIpc) is 2.52. The number of hydrogen-bond acceptors (Lipinski definition) is 4. The molecule has 0 radical (unpaired) electrons. The molecular formula is C17H21F3N2O4S. The van der Waals surface area contributed by atoms with Crippen molar-refractivity contribution in [2.24, 2.45) is 0 Å². The smallest absolute Gasteiger partial charge is 0.258 e. The molecule has 0 amide bonds. The minimum absolute atomic E-state index is 0.0959. The third-order valence-electron chi connectivity index (χ3n) is 3.60. The van der Waals surface area contributed by atoms with Gasteiger partial charge in [0.15, 0.2) is 0 Å². The van der Waals surface area contributed by atoms with Gasteiger partial charge in [-0.3, -0.25) is 10.1 Å². The summed E-state index contributed by atoms with van der Waals surface area (Å²) in [6.07, 6.45) is 0.149. The number of rotatable bonds is 8. The molecule has 27 heavy (non-hydrogen) atoms. The van der Waals surface area contributed by atoms with Crippen LogP contribution in [0.4, 0.5) is 18.9 Å². The lowest BCUT2D eigenvalue weighted by Crippen LogP contribution is -2.24. The van der Waals surface area contributed by atoms with Gasteiger partial charge in [-0.25, -0.2) is 13.1 Å². The largest absolute Gasteiger partial charge is 0.423 e. The molecule has 1 rings (SSSR count). The molecule has 10 heteroatoms. The number of alkyl halides is 3. The van der Waals surface area contributed by atoms with Crippen molar-refractivity contribution < 1.29 is 26.5 Å². The van der Waals surface area contributed by atoms with Crippen molar-refractivity contribution >= 4 is 15.7 Å². The molecule has 0 fully saturated rings. The molecule has 1 aromatic carbocycles. The van der Waals surface area contributed by atoms with Crippen LogP contribution in [0.1, 0.15) is 39.2 Å². The summed E-state index contributed by atoms with van der Waals surface area (Å²) in [6.45, 7) is 5.65. The van der Waals surface area contributed by atoms with Crippen LogP contribution in [-0.2, 0) is 16.2 Å². The monoisotopic (exact) mass is 406 g/mol. The molecule has 0 saturated carbocycles. The Bertz CT molecular complexity index is 855. The lowest BCUT2D eigenvalue weighted by atomic mass is 10.1. The fourth-order valence-electron chi connectivity index (χ4n) is 2.17. The van der Waals surface area contributed by atoms with Gasteiger partial charge in [0.05, 0.1) is 9.82 Å². The summed E-state index contributed by atoms with van der Waals surface area (Å²) in [5.74, 6) is 0. The van der Waals surface area contributed by atoms with Gasteiger partial charge >= 0.3 is 6.18 Å². The summed E-state index contributed by atoms with van der Waals surface area (Å²) < 4.78 is 65.5. The van der Waals surface area contributed by atoms with Gasteiger partial charge in [-0.05, 0) is 45.7 Å². The summed E-state index contributed by atoms with van der Waals surface area (Å²) in [5, 5.41) is 10.7. The maximum atomic E-state index is 13.0. The standard InChI is InChI=1S/C17H21F3N2O4S/c1-12(2)5-4-6-13(3)9-10-21-27(25,26)14-7-8-16(22(23)24)15(11-14)17(18,19)20/h5,7-9,11,21H,4,6,10H2,1-3H3/b13-9+. The molecule has 6 nitrogen and oxygen atoms in total. The Hall–Kier alpha value is -2.20. The Kier molecular flexibility index (Phi) is 7.73. The second-order valence-corrected chi connectivity index (χ2v) is 7.92. The maximum Gasteiger partial charge on any atom is 0.423 e. The number of nitrogens with one attached hydrogen (secondary N) is 1. The molecule has 0 atom stereocenters. The molecule has 0 unspecified atom stereocenters. The molecule has 1 N–H and O–H groups in total. The third kappa shape index (κ3) is 7.14. The van der Waals surface area contributed by atoms with Crippen molar-refractivity contribution in [1.82, 2.24) is 4.72 Å². The number of halogens is 3. The second kappa shape index (κ2) is 9.14. The highest BCUT2D eigenvalue weighted by Crippen LogP contribution is 2.37. The maximum absolute atomic E-state index is 13.0. The normalized spacial score (nSPS) is 12.7. The van der Waals surface area contributed by atoms with E-state index < -0.39 is 37.3 Å². The van der Waals surface area contributed by atoms with Crippen molar-refractivity contribution in [2.45, 2.75) is 44.7 Å². The van der Waals surface area contributed by atoms with Crippen LogP contribution in [0.5, 0.6) is 0 Å². The average molecular weight is 406 g/mol. The van der Waals surface area contributed by atoms with E-state index in [1.807, 2.05) is 26.8 Å². The number of nitro groups is 1. The lowest BCUT2D eigenvalue weighted by molar-refractivity contribution is -0.388. The molecule has 0 spiro atoms. The van der Waals surface area contributed by atoms with Crippen molar-refractivity contribution in [2.75, 3.05) is 6.54 Å². The molecule has 0 heterocycles. The SMILES string of the molecule is CC(C)=CCC/C(C)=C/CNS(=O)(=O)c1ccc([N+](=O)[O-])c(C(F)(F)F)c1. The minimum Gasteiger partial charge on any atom is -0.258 e. The van der Waals surface area contributed by atoms with E-state index in [0.29, 0.717) is 6.07 Å². The number of benzene rings is 1. The first kappa shape index (κ1) is 22.8. The van der Waals surface area contributed by atoms with Crippen LogP contribution in [0.15, 0.2) is 46.4 Å². The van der Waals surface area contributed by atoms with Crippen LogP contribution in [-0.4, -0.2) is 19.9 Å². The van der Waals surface area contributed by atoms with Crippen LogP contribution in [0.3, 0.4) is 0 Å². The quantitative estimate of drug-likeness (QED) is 0.389. The highest BCUT2D eigenvalue weighted by atomic mass is 32.2. The number of nitro benzene ring substituents is 1. The van der Waals surface area contributed by atoms with Gasteiger partial charge in [-0.1, -0.05) is 23.3 Å². The van der Waals surface area contributed by atoms with Crippen molar-refractivity contribution in [3.8, 4) is 0 Å². The predicted octanol–water partition coefficient (Wildman–Crippen LogP) is 4.58. The van der Waals surface area contributed by atoms with Gasteiger partial charge in [-0.15, -0.1) is 0 Å².